The molecule has 0 bridgehead atoms. The average molecular weight is 174 g/mol. The Morgan fingerprint density at radius 1 is 1.75 bits per heavy atom. The summed E-state index contributed by atoms with van der Waals surface area (Å²) in [7, 11) is 0. The summed E-state index contributed by atoms with van der Waals surface area (Å²) < 4.78 is 0. The van der Waals surface area contributed by atoms with E-state index in [0.717, 1.165) is 0 Å². The molecule has 1 saturated heterocycles. The van der Waals surface area contributed by atoms with Gasteiger partial charge < -0.3 is 20.8 Å². The maximum atomic E-state index is 11.1. The van der Waals surface area contributed by atoms with Crippen LogP contribution in [0.25, 0.3) is 0 Å². The number of nitrogens with zero attached hydrogens (tertiary/aromatic N) is 1. The van der Waals surface area contributed by atoms with Crippen LogP contribution >= 0.6 is 0 Å². The average Bonchev–Trinajstić information content (AvgIpc) is 2.30. The van der Waals surface area contributed by atoms with E-state index in [9.17, 15) is 4.79 Å². The van der Waals surface area contributed by atoms with E-state index in [-0.39, 0.29) is 25.1 Å². The number of rotatable bonds is 3. The molecule has 5 nitrogen and oxygen atoms in total. The summed E-state index contributed by atoms with van der Waals surface area (Å²) in [6.45, 7) is 0.345. The second-order valence-electron chi connectivity index (χ2n) is 3.10. The van der Waals surface area contributed by atoms with Crippen molar-refractivity contribution in [2.45, 2.75) is 18.6 Å². The van der Waals surface area contributed by atoms with Gasteiger partial charge in [-0.2, -0.15) is 0 Å². The number of hydrogen-bond acceptors (Lipinski definition) is 4. The number of β-amino-alcohol motifs (C(OH)–C–C–N with tert-alkyl or cyclic N) is 1. The number of likely N-dealkylation sites (tertiary alicyclic amines) is 1. The molecule has 5 heteroatoms. The van der Waals surface area contributed by atoms with Gasteiger partial charge in [-0.15, -0.1) is 0 Å². The Kier molecular flexibility index (Phi) is 3.02. The van der Waals surface area contributed by atoms with E-state index in [2.05, 4.69) is 0 Å². The number of aliphatic hydroxyl groups is 2. The number of nitrogens with two attached hydrogens (primary N) is 1. The highest BCUT2D eigenvalue weighted by Crippen LogP contribution is 2.08. The lowest BCUT2D eigenvalue weighted by Crippen LogP contribution is -2.36. The van der Waals surface area contributed by atoms with E-state index >= 15 is 0 Å². The Labute approximate surface area is 70.8 Å². The van der Waals surface area contributed by atoms with Crippen molar-refractivity contribution in [1.29, 1.82) is 0 Å². The van der Waals surface area contributed by atoms with Gasteiger partial charge in [-0.25, -0.2) is 0 Å². The third-order valence-corrected chi connectivity index (χ3v) is 1.89. The van der Waals surface area contributed by atoms with Gasteiger partial charge in [-0.1, -0.05) is 0 Å². The zero-order valence-corrected chi connectivity index (χ0v) is 6.81. The minimum Gasteiger partial charge on any atom is -0.394 e. The van der Waals surface area contributed by atoms with Crippen molar-refractivity contribution in [1.82, 2.24) is 4.90 Å². The Bertz CT molecular complexity index is 174. The first-order chi connectivity index (χ1) is 5.63. The summed E-state index contributed by atoms with van der Waals surface area (Å²) in [5.41, 5.74) is 5.53. The Hall–Kier alpha value is -0.650. The molecular formula is C7H14N2O3. The molecule has 0 aromatic carbocycles. The van der Waals surface area contributed by atoms with Gasteiger partial charge in [0.1, 0.15) is 0 Å². The lowest BCUT2D eigenvalue weighted by atomic mass is 10.3. The van der Waals surface area contributed by atoms with Crippen LogP contribution in [-0.2, 0) is 4.79 Å². The monoisotopic (exact) mass is 174 g/mol. The first-order valence-electron chi connectivity index (χ1n) is 3.95. The molecule has 0 aromatic rings. The molecule has 0 radical (unpaired) electrons. The second kappa shape index (κ2) is 3.84. The van der Waals surface area contributed by atoms with Crippen molar-refractivity contribution in [2.24, 2.45) is 5.73 Å². The largest absolute Gasteiger partial charge is 0.394 e. The molecule has 1 amide bonds. The van der Waals surface area contributed by atoms with Crippen molar-refractivity contribution in [2.75, 3.05) is 19.7 Å². The first-order valence-corrected chi connectivity index (χ1v) is 3.95. The molecule has 1 heterocycles. The summed E-state index contributed by atoms with van der Waals surface area (Å²) in [4.78, 5) is 12.6. The highest BCUT2D eigenvalue weighted by atomic mass is 16.3. The lowest BCUT2D eigenvalue weighted by Gasteiger charge is -2.18. The number of carbonyl (C=O) groups is 1. The highest BCUT2D eigenvalue weighted by Gasteiger charge is 2.27. The SMILES string of the molecule is NC1CC(=O)N(CC(O)CO)C1. The minimum absolute atomic E-state index is 0.0463. The smallest absolute Gasteiger partial charge is 0.224 e. The maximum Gasteiger partial charge on any atom is 0.224 e. The van der Waals surface area contributed by atoms with Crippen LogP contribution in [0.4, 0.5) is 0 Å². The topological polar surface area (TPSA) is 86.8 Å². The van der Waals surface area contributed by atoms with Crippen molar-refractivity contribution in [3.8, 4) is 0 Å². The predicted molar refractivity (Wildman–Crippen MR) is 42.3 cm³/mol. The molecule has 4 N–H and O–H groups in total. The van der Waals surface area contributed by atoms with Crippen LogP contribution in [0.2, 0.25) is 0 Å². The molecule has 1 aliphatic rings. The zero-order chi connectivity index (χ0) is 9.14. The van der Waals surface area contributed by atoms with Gasteiger partial charge in [-0.3, -0.25) is 4.79 Å². The molecule has 2 unspecified atom stereocenters. The lowest BCUT2D eigenvalue weighted by molar-refractivity contribution is -0.129. The van der Waals surface area contributed by atoms with Crippen LogP contribution in [0, 0.1) is 0 Å². The summed E-state index contributed by atoms with van der Waals surface area (Å²) in [6, 6.07) is -0.122. The van der Waals surface area contributed by atoms with Gasteiger partial charge in [-0.05, 0) is 0 Å². The zero-order valence-electron chi connectivity index (χ0n) is 6.81. The van der Waals surface area contributed by atoms with E-state index in [4.69, 9.17) is 15.9 Å². The standard InChI is InChI=1S/C7H14N2O3/c8-5-1-7(12)9(2-5)3-6(11)4-10/h5-6,10-11H,1-4,8H2. The third kappa shape index (κ3) is 2.17. The minimum atomic E-state index is -0.848. The molecule has 2 atom stereocenters. The fourth-order valence-electron chi connectivity index (χ4n) is 1.29. The molecule has 0 aliphatic carbocycles. The molecule has 70 valence electrons. The first kappa shape index (κ1) is 9.44. The Morgan fingerprint density at radius 3 is 2.83 bits per heavy atom. The number of carbonyl (C=O) groups excluding carboxylic acids is 1. The number of amides is 1. The van der Waals surface area contributed by atoms with Crippen LogP contribution in [0.3, 0.4) is 0 Å². The van der Waals surface area contributed by atoms with Crippen molar-refractivity contribution >= 4 is 5.91 Å². The summed E-state index contributed by atoms with van der Waals surface area (Å²) in [5.74, 6) is -0.0463. The molecule has 0 aromatic heterocycles. The predicted octanol–water partition coefficient (Wildman–Crippen LogP) is -2.10. The van der Waals surface area contributed by atoms with E-state index in [1.54, 1.807) is 0 Å². The molecule has 0 saturated carbocycles. The summed E-state index contributed by atoms with van der Waals surface area (Å²) >= 11 is 0. The molecule has 0 spiro atoms. The van der Waals surface area contributed by atoms with Crippen LogP contribution < -0.4 is 5.73 Å². The van der Waals surface area contributed by atoms with E-state index < -0.39 is 6.10 Å². The van der Waals surface area contributed by atoms with Crippen LogP contribution in [0.1, 0.15) is 6.42 Å². The summed E-state index contributed by atoms with van der Waals surface area (Å²) in [5, 5.41) is 17.6. The van der Waals surface area contributed by atoms with Gasteiger partial charge in [0.05, 0.1) is 12.7 Å². The van der Waals surface area contributed by atoms with Crippen molar-refractivity contribution < 1.29 is 15.0 Å². The van der Waals surface area contributed by atoms with Gasteiger partial charge in [0.15, 0.2) is 0 Å². The second-order valence-corrected chi connectivity index (χ2v) is 3.10. The molecule has 1 aliphatic heterocycles. The van der Waals surface area contributed by atoms with Gasteiger partial charge in [0.25, 0.3) is 0 Å². The van der Waals surface area contributed by atoms with Gasteiger partial charge >= 0.3 is 0 Å². The van der Waals surface area contributed by atoms with Gasteiger partial charge in [0.2, 0.25) is 5.91 Å². The molecule has 12 heavy (non-hydrogen) atoms. The molecular weight excluding hydrogens is 160 g/mol. The van der Waals surface area contributed by atoms with E-state index in [0.29, 0.717) is 13.0 Å². The Morgan fingerprint density at radius 2 is 2.42 bits per heavy atom. The quantitative estimate of drug-likeness (QED) is 0.457. The molecule has 1 fully saturated rings. The van der Waals surface area contributed by atoms with Crippen LogP contribution in [0.5, 0.6) is 0 Å². The van der Waals surface area contributed by atoms with Crippen LogP contribution in [0.15, 0.2) is 0 Å². The maximum absolute atomic E-state index is 11.1. The number of aliphatic hydroxyl groups excluding tert-OH is 2. The number of hydrogen-bond donors (Lipinski definition) is 3. The van der Waals surface area contributed by atoms with E-state index in [1.807, 2.05) is 0 Å². The van der Waals surface area contributed by atoms with E-state index in [1.165, 1.54) is 4.90 Å². The fraction of sp³-hybridized carbons (Fsp3) is 0.857. The highest BCUT2D eigenvalue weighted by molar-refractivity contribution is 5.79. The summed E-state index contributed by atoms with van der Waals surface area (Å²) in [6.07, 6.45) is -0.503. The fourth-order valence-corrected chi connectivity index (χ4v) is 1.29. The third-order valence-electron chi connectivity index (χ3n) is 1.89. The molecule has 1 rings (SSSR count). The van der Waals surface area contributed by atoms with Gasteiger partial charge in [0, 0.05) is 25.6 Å². The van der Waals surface area contributed by atoms with Crippen molar-refractivity contribution in [3.63, 3.8) is 0 Å². The Balaban J connectivity index is 2.37. The van der Waals surface area contributed by atoms with Crippen molar-refractivity contribution in [3.05, 3.63) is 0 Å². The van der Waals surface area contributed by atoms with Crippen LogP contribution in [-0.4, -0.2) is 52.9 Å². The normalized spacial score (nSPS) is 26.4.